The third kappa shape index (κ3) is 9.34. The first-order chi connectivity index (χ1) is 23.4. The second-order valence-corrected chi connectivity index (χ2v) is 18.4. The number of carboxylic acids is 1. The highest BCUT2D eigenvalue weighted by Crippen LogP contribution is 2.53. The molecule has 0 amide bonds. The van der Waals surface area contributed by atoms with Gasteiger partial charge in [0, 0.05) is 37.3 Å². The molecule has 50 heavy (non-hydrogen) atoms. The maximum atomic E-state index is 12.9. The summed E-state index contributed by atoms with van der Waals surface area (Å²) in [5.74, 6) is -1.38. The van der Waals surface area contributed by atoms with Crippen LogP contribution in [-0.2, 0) is 30.4 Å². The van der Waals surface area contributed by atoms with E-state index < -0.39 is 31.6 Å². The Labute approximate surface area is 322 Å². The molecule has 0 radical (unpaired) electrons. The number of anilines is 1. The molecule has 14 heteroatoms. The van der Waals surface area contributed by atoms with Crippen molar-refractivity contribution in [2.45, 2.75) is 75.0 Å². The van der Waals surface area contributed by atoms with Crippen LogP contribution in [0.15, 0.2) is 77.9 Å². The predicted molar refractivity (Wildman–Crippen MR) is 214 cm³/mol. The van der Waals surface area contributed by atoms with E-state index in [1.54, 1.807) is 12.2 Å². The quantitative estimate of drug-likeness (QED) is 0.0500. The maximum absolute atomic E-state index is 12.9. The van der Waals surface area contributed by atoms with Gasteiger partial charge in [-0.3, -0.25) is 13.9 Å². The minimum atomic E-state index is -4.63. The first-order valence-corrected chi connectivity index (χ1v) is 21.5. The van der Waals surface area contributed by atoms with Gasteiger partial charge in [0.15, 0.2) is 5.71 Å². The monoisotopic (exact) mass is 949 g/mol. The standard InChI is InChI=1S/C36H42I2N2O8S2/c1-5-6-7-8-11-16-31-36(2,3)28-23-25(50(46,47)48)22-27(35(28)40(31)18-13-14-19-49(43,44)45)34-26(15-10-9-12-17-32(41)42)33-29(38)20-24(37)21-30(33)39(34)4/h5-8,11,16,20-23,26H,1,9-10,12-15,17-19H2,2-4H3,(H2-,41,42,43,44,45,46,47,48)/p+1. The van der Waals surface area contributed by atoms with E-state index in [0.717, 1.165) is 41.9 Å². The molecule has 4 rings (SSSR count). The number of allylic oxidation sites excluding steroid dienone is 7. The van der Waals surface area contributed by atoms with Crippen molar-refractivity contribution in [3.8, 4) is 0 Å². The van der Waals surface area contributed by atoms with Crippen LogP contribution < -0.4 is 4.90 Å². The molecule has 1 unspecified atom stereocenters. The minimum absolute atomic E-state index is 0.0892. The number of halogens is 2. The van der Waals surface area contributed by atoms with Crippen LogP contribution in [0.5, 0.6) is 0 Å². The summed E-state index contributed by atoms with van der Waals surface area (Å²) in [6.45, 7) is 8.06. The number of benzene rings is 2. The van der Waals surface area contributed by atoms with Gasteiger partial charge in [0.25, 0.3) is 20.2 Å². The summed E-state index contributed by atoms with van der Waals surface area (Å²) in [5, 5.41) is 9.18. The van der Waals surface area contributed by atoms with E-state index in [-0.39, 0.29) is 29.4 Å². The average molecular weight is 950 g/mol. The van der Waals surface area contributed by atoms with Crippen LogP contribution >= 0.6 is 45.2 Å². The van der Waals surface area contributed by atoms with Crippen molar-refractivity contribution in [2.75, 3.05) is 24.2 Å². The Morgan fingerprint density at radius 2 is 1.68 bits per heavy atom. The highest BCUT2D eigenvalue weighted by molar-refractivity contribution is 14.1. The van der Waals surface area contributed by atoms with Gasteiger partial charge in [-0.25, -0.2) is 0 Å². The number of hydrogen-bond acceptors (Lipinski definition) is 6. The molecule has 3 N–H and O–H groups in total. The van der Waals surface area contributed by atoms with Crippen LogP contribution in [0.2, 0.25) is 0 Å². The zero-order valence-corrected chi connectivity index (χ0v) is 34.2. The Bertz CT molecular complexity index is 2020. The number of nitrogens with zero attached hydrogens (tertiary/aromatic N) is 2. The number of aliphatic carboxylic acids is 1. The fourth-order valence-electron chi connectivity index (χ4n) is 6.90. The van der Waals surface area contributed by atoms with Gasteiger partial charge in [-0.2, -0.15) is 21.4 Å². The van der Waals surface area contributed by atoms with Crippen molar-refractivity contribution in [3.05, 3.63) is 96.8 Å². The Morgan fingerprint density at radius 1 is 0.980 bits per heavy atom. The van der Waals surface area contributed by atoms with E-state index in [1.165, 1.54) is 12.1 Å². The van der Waals surface area contributed by atoms with Crippen LogP contribution in [0.3, 0.4) is 0 Å². The molecule has 0 fully saturated rings. The molecule has 0 aliphatic carbocycles. The van der Waals surface area contributed by atoms with E-state index in [2.05, 4.69) is 73.4 Å². The lowest BCUT2D eigenvalue weighted by Gasteiger charge is -2.27. The topological polar surface area (TPSA) is 152 Å². The number of hydrogen-bond donors (Lipinski definition) is 3. The van der Waals surface area contributed by atoms with Crippen molar-refractivity contribution in [3.63, 3.8) is 0 Å². The summed E-state index contributed by atoms with van der Waals surface area (Å²) in [5.41, 5.74) is 5.18. The van der Waals surface area contributed by atoms with Crippen molar-refractivity contribution >= 4 is 88.5 Å². The third-order valence-electron chi connectivity index (χ3n) is 9.15. The average Bonchev–Trinajstić information content (AvgIpc) is 3.40. The van der Waals surface area contributed by atoms with Gasteiger partial charge >= 0.3 is 5.97 Å². The van der Waals surface area contributed by atoms with Gasteiger partial charge in [0.1, 0.15) is 7.05 Å². The third-order valence-corrected chi connectivity index (χ3v) is 12.3. The van der Waals surface area contributed by atoms with Gasteiger partial charge < -0.3 is 10.0 Å². The molecule has 0 bridgehead atoms. The van der Waals surface area contributed by atoms with Crippen LogP contribution in [0, 0.1) is 7.14 Å². The second-order valence-electron chi connectivity index (χ2n) is 13.0. The largest absolute Gasteiger partial charge is 0.481 e. The number of carbonyl (C=O) groups is 1. The number of rotatable bonds is 16. The van der Waals surface area contributed by atoms with Gasteiger partial charge in [-0.05, 0) is 101 Å². The van der Waals surface area contributed by atoms with E-state index in [1.807, 2.05) is 45.2 Å². The fourth-order valence-corrected chi connectivity index (χ4v) is 10.2. The SMILES string of the molecule is C=CC=CC=CC=C1N(CCCCS(=O)(=O)O)c2c(C3=[N+](C)c4cc(I)cc(I)c4C3CCCCCC(=O)O)cc(S(=O)(=O)O)cc2C1(C)C. The Hall–Kier alpha value is -2.38. The first kappa shape index (κ1) is 40.4. The maximum Gasteiger partial charge on any atom is 0.303 e. The number of fused-ring (bicyclic) bond motifs is 2. The molecule has 0 saturated heterocycles. The fraction of sp³-hybridized carbons (Fsp3) is 0.389. The molecule has 2 aliphatic heterocycles. The van der Waals surface area contributed by atoms with Crippen LogP contribution in [0.1, 0.15) is 81.4 Å². The molecular weight excluding hydrogens is 906 g/mol. The summed E-state index contributed by atoms with van der Waals surface area (Å²) in [4.78, 5) is 13.1. The minimum Gasteiger partial charge on any atom is -0.481 e. The summed E-state index contributed by atoms with van der Waals surface area (Å²) < 4.78 is 72.9. The molecule has 0 aromatic heterocycles. The Morgan fingerprint density at radius 3 is 2.32 bits per heavy atom. The predicted octanol–water partition coefficient (Wildman–Crippen LogP) is 7.99. The van der Waals surface area contributed by atoms with Crippen LogP contribution in [0.25, 0.3) is 0 Å². The summed E-state index contributed by atoms with van der Waals surface area (Å²) >= 11 is 4.62. The van der Waals surface area contributed by atoms with Crippen LogP contribution in [-0.4, -0.2) is 66.6 Å². The smallest absolute Gasteiger partial charge is 0.303 e. The molecule has 2 aliphatic rings. The lowest BCUT2D eigenvalue weighted by molar-refractivity contribution is -0.401. The molecule has 0 spiro atoms. The van der Waals surface area contributed by atoms with E-state index in [4.69, 9.17) is 0 Å². The number of unbranched alkanes of at least 4 members (excludes halogenated alkanes) is 3. The van der Waals surface area contributed by atoms with Crippen LogP contribution in [0.4, 0.5) is 11.4 Å². The van der Waals surface area contributed by atoms with Crippen molar-refractivity contribution in [2.24, 2.45) is 0 Å². The van der Waals surface area contributed by atoms with Gasteiger partial charge in [-0.15, -0.1) is 0 Å². The zero-order valence-electron chi connectivity index (χ0n) is 28.3. The van der Waals surface area contributed by atoms with Crippen molar-refractivity contribution in [1.82, 2.24) is 0 Å². The van der Waals surface area contributed by atoms with E-state index in [0.29, 0.717) is 43.4 Å². The first-order valence-electron chi connectivity index (χ1n) is 16.3. The summed E-state index contributed by atoms with van der Waals surface area (Å²) in [6.07, 6.45) is 14.4. The molecule has 2 aromatic carbocycles. The highest BCUT2D eigenvalue weighted by atomic mass is 127. The lowest BCUT2D eigenvalue weighted by Crippen LogP contribution is -2.28. The Balaban J connectivity index is 1.98. The van der Waals surface area contributed by atoms with Gasteiger partial charge in [0.2, 0.25) is 5.69 Å². The Kier molecular flexibility index (Phi) is 13.4. The van der Waals surface area contributed by atoms with Gasteiger partial charge in [-0.1, -0.05) is 63.6 Å². The molecular formula is C36H43I2N2O8S2+. The summed E-state index contributed by atoms with van der Waals surface area (Å²) in [7, 11) is -6.83. The molecule has 0 saturated carbocycles. The second kappa shape index (κ2) is 16.5. The highest BCUT2D eigenvalue weighted by Gasteiger charge is 2.47. The van der Waals surface area contributed by atoms with Gasteiger partial charge in [0.05, 0.1) is 33.4 Å². The summed E-state index contributed by atoms with van der Waals surface area (Å²) in [6, 6.07) is 7.26. The molecule has 270 valence electrons. The van der Waals surface area contributed by atoms with Crippen molar-refractivity contribution in [1.29, 1.82) is 0 Å². The molecule has 10 nitrogen and oxygen atoms in total. The normalized spacial score (nSPS) is 18.1. The lowest BCUT2D eigenvalue weighted by atomic mass is 9.81. The number of carboxylic acid groups (broad SMARTS) is 1. The molecule has 2 heterocycles. The molecule has 1 atom stereocenters. The van der Waals surface area contributed by atoms with E-state index in [9.17, 15) is 35.8 Å². The van der Waals surface area contributed by atoms with Crippen molar-refractivity contribution < 1.29 is 40.4 Å². The van der Waals surface area contributed by atoms with E-state index >= 15 is 0 Å². The molecule has 2 aromatic rings. The zero-order chi connectivity index (χ0) is 37.0.